The van der Waals surface area contributed by atoms with Gasteiger partial charge in [0.15, 0.2) is 5.79 Å². The van der Waals surface area contributed by atoms with Gasteiger partial charge in [-0.05, 0) is 44.4 Å². The first-order chi connectivity index (χ1) is 13.0. The summed E-state index contributed by atoms with van der Waals surface area (Å²) in [4.78, 5) is 15.2. The number of carbonyl (C=O) groups is 1. The predicted molar refractivity (Wildman–Crippen MR) is 101 cm³/mol. The zero-order chi connectivity index (χ0) is 18.6. The van der Waals surface area contributed by atoms with Crippen LogP contribution < -0.4 is 0 Å². The maximum Gasteiger partial charge on any atom is 0.310 e. The number of carbonyl (C=O) groups excluding carboxylic acids is 1. The highest BCUT2D eigenvalue weighted by Crippen LogP contribution is 2.55. The molecule has 3 aliphatic heterocycles. The molecule has 4 atom stereocenters. The monoisotopic (exact) mass is 375 g/mol. The standard InChI is InChI=1S/C22H33NO4/c1-15-4-3-5-21(2)13-19-16(12-18(15)21)17(20(24)27-19)14-23-8-6-22(7-9-23)25-10-11-26-22/h16-17,19H,3-14H2,1-2H3/t16-,17-,19-,21-/m1/s1. The second-order valence-electron chi connectivity index (χ2n) is 9.74. The van der Waals surface area contributed by atoms with E-state index >= 15 is 0 Å². The molecule has 0 aromatic rings. The fourth-order valence-electron chi connectivity index (χ4n) is 6.46. The second-order valence-corrected chi connectivity index (χ2v) is 9.74. The Morgan fingerprint density at radius 3 is 2.63 bits per heavy atom. The van der Waals surface area contributed by atoms with Gasteiger partial charge in [-0.2, -0.15) is 0 Å². The van der Waals surface area contributed by atoms with Crippen LogP contribution in [0.1, 0.15) is 58.8 Å². The number of hydrogen-bond acceptors (Lipinski definition) is 5. The number of ether oxygens (including phenoxy) is 3. The lowest BCUT2D eigenvalue weighted by Gasteiger charge is -2.46. The van der Waals surface area contributed by atoms with Crippen LogP contribution in [0, 0.1) is 17.3 Å². The zero-order valence-electron chi connectivity index (χ0n) is 16.8. The second kappa shape index (κ2) is 6.57. The Morgan fingerprint density at radius 2 is 1.89 bits per heavy atom. The summed E-state index contributed by atoms with van der Waals surface area (Å²) in [6.07, 6.45) is 7.79. The van der Waals surface area contributed by atoms with Gasteiger partial charge in [0.2, 0.25) is 0 Å². The molecule has 5 rings (SSSR count). The summed E-state index contributed by atoms with van der Waals surface area (Å²) in [6, 6.07) is 0. The highest BCUT2D eigenvalue weighted by atomic mass is 16.7. The molecular weight excluding hydrogens is 342 g/mol. The molecule has 0 N–H and O–H groups in total. The summed E-state index contributed by atoms with van der Waals surface area (Å²) in [6.45, 7) is 8.86. The Kier molecular flexibility index (Phi) is 4.41. The molecule has 0 bridgehead atoms. The largest absolute Gasteiger partial charge is 0.462 e. The Bertz CT molecular complexity index is 643. The van der Waals surface area contributed by atoms with Crippen molar-refractivity contribution in [1.29, 1.82) is 0 Å². The molecule has 5 nitrogen and oxygen atoms in total. The van der Waals surface area contributed by atoms with Gasteiger partial charge in [0.1, 0.15) is 6.10 Å². The average Bonchev–Trinajstić information content (AvgIpc) is 3.20. The van der Waals surface area contributed by atoms with E-state index in [1.165, 1.54) is 19.3 Å². The molecule has 0 unspecified atom stereocenters. The molecule has 1 saturated carbocycles. The van der Waals surface area contributed by atoms with Crippen molar-refractivity contribution in [2.24, 2.45) is 17.3 Å². The molecule has 0 amide bonds. The number of fused-ring (bicyclic) bond motifs is 2. The van der Waals surface area contributed by atoms with E-state index in [9.17, 15) is 4.79 Å². The van der Waals surface area contributed by atoms with Crippen molar-refractivity contribution in [2.75, 3.05) is 32.8 Å². The van der Waals surface area contributed by atoms with E-state index in [0.29, 0.717) is 19.1 Å². The van der Waals surface area contributed by atoms with Crippen LogP contribution in [0.5, 0.6) is 0 Å². The van der Waals surface area contributed by atoms with Crippen LogP contribution in [-0.4, -0.2) is 55.6 Å². The van der Waals surface area contributed by atoms with E-state index < -0.39 is 0 Å². The Balaban J connectivity index is 1.28. The molecule has 27 heavy (non-hydrogen) atoms. The maximum atomic E-state index is 12.7. The fraction of sp³-hybridized carbons (Fsp3) is 0.864. The van der Waals surface area contributed by atoms with Gasteiger partial charge in [-0.15, -0.1) is 0 Å². The molecule has 5 heteroatoms. The molecule has 3 saturated heterocycles. The van der Waals surface area contributed by atoms with Gasteiger partial charge in [-0.25, -0.2) is 0 Å². The highest BCUT2D eigenvalue weighted by Gasteiger charge is 2.53. The molecular formula is C22H33NO4. The predicted octanol–water partition coefficient (Wildman–Crippen LogP) is 3.28. The molecule has 0 radical (unpaired) electrons. The van der Waals surface area contributed by atoms with Crippen molar-refractivity contribution in [1.82, 2.24) is 4.90 Å². The molecule has 4 fully saturated rings. The quantitative estimate of drug-likeness (QED) is 0.548. The van der Waals surface area contributed by atoms with Crippen molar-refractivity contribution >= 4 is 5.97 Å². The third-order valence-corrected chi connectivity index (χ3v) is 8.07. The van der Waals surface area contributed by atoms with Gasteiger partial charge >= 0.3 is 5.97 Å². The minimum absolute atomic E-state index is 0.0289. The number of hydrogen-bond donors (Lipinski definition) is 0. The lowest BCUT2D eigenvalue weighted by molar-refractivity contribution is -0.186. The number of allylic oxidation sites excluding steroid dienone is 2. The Hall–Kier alpha value is -0.910. The van der Waals surface area contributed by atoms with E-state index in [-0.39, 0.29) is 29.2 Å². The molecule has 3 heterocycles. The third kappa shape index (κ3) is 3.06. The van der Waals surface area contributed by atoms with E-state index in [1.54, 1.807) is 11.1 Å². The number of esters is 1. The molecule has 2 aliphatic carbocycles. The smallest absolute Gasteiger partial charge is 0.310 e. The average molecular weight is 376 g/mol. The van der Waals surface area contributed by atoms with Crippen molar-refractivity contribution in [2.45, 2.75) is 70.7 Å². The maximum absolute atomic E-state index is 12.7. The topological polar surface area (TPSA) is 48.0 Å². The van der Waals surface area contributed by atoms with Crippen LogP contribution in [0.4, 0.5) is 0 Å². The summed E-state index contributed by atoms with van der Waals surface area (Å²) in [5, 5.41) is 0. The van der Waals surface area contributed by atoms with Crippen molar-refractivity contribution in [3.8, 4) is 0 Å². The summed E-state index contributed by atoms with van der Waals surface area (Å²) in [5.41, 5.74) is 3.48. The number of rotatable bonds is 2. The van der Waals surface area contributed by atoms with Crippen LogP contribution in [0.15, 0.2) is 11.1 Å². The first-order valence-electron chi connectivity index (χ1n) is 10.9. The van der Waals surface area contributed by atoms with Crippen LogP contribution in [0.2, 0.25) is 0 Å². The van der Waals surface area contributed by atoms with Crippen LogP contribution in [0.25, 0.3) is 0 Å². The molecule has 1 spiro atoms. The molecule has 0 aromatic carbocycles. The van der Waals surface area contributed by atoms with Crippen molar-refractivity contribution < 1.29 is 19.0 Å². The van der Waals surface area contributed by atoms with Gasteiger partial charge in [-0.1, -0.05) is 18.1 Å². The van der Waals surface area contributed by atoms with Gasteiger partial charge in [0.05, 0.1) is 19.1 Å². The van der Waals surface area contributed by atoms with Crippen LogP contribution >= 0.6 is 0 Å². The molecule has 5 aliphatic rings. The Labute approximate surface area is 162 Å². The van der Waals surface area contributed by atoms with Crippen molar-refractivity contribution in [3.63, 3.8) is 0 Å². The van der Waals surface area contributed by atoms with Gasteiger partial charge in [0.25, 0.3) is 0 Å². The summed E-state index contributed by atoms with van der Waals surface area (Å²) in [5.74, 6) is 0.0928. The molecule has 0 aromatic heterocycles. The first-order valence-corrected chi connectivity index (χ1v) is 10.9. The van der Waals surface area contributed by atoms with E-state index in [2.05, 4.69) is 18.7 Å². The summed E-state index contributed by atoms with van der Waals surface area (Å²) < 4.78 is 17.6. The summed E-state index contributed by atoms with van der Waals surface area (Å²) >= 11 is 0. The lowest BCUT2D eigenvalue weighted by Crippen LogP contribution is -2.48. The number of likely N-dealkylation sites (tertiary alicyclic amines) is 1. The van der Waals surface area contributed by atoms with E-state index in [0.717, 1.165) is 45.3 Å². The zero-order valence-corrected chi connectivity index (χ0v) is 16.8. The number of nitrogens with zero attached hydrogens (tertiary/aromatic N) is 1. The number of piperidine rings is 1. The fourth-order valence-corrected chi connectivity index (χ4v) is 6.46. The first kappa shape index (κ1) is 18.1. The van der Waals surface area contributed by atoms with Crippen LogP contribution in [0.3, 0.4) is 0 Å². The molecule has 150 valence electrons. The minimum Gasteiger partial charge on any atom is -0.462 e. The van der Waals surface area contributed by atoms with Gasteiger partial charge < -0.3 is 19.1 Å². The minimum atomic E-state index is -0.341. The van der Waals surface area contributed by atoms with Crippen LogP contribution in [-0.2, 0) is 19.0 Å². The van der Waals surface area contributed by atoms with Crippen molar-refractivity contribution in [3.05, 3.63) is 11.1 Å². The lowest BCUT2D eigenvalue weighted by atomic mass is 9.59. The third-order valence-electron chi connectivity index (χ3n) is 8.07. The SMILES string of the molecule is CC1=C2C[C@H]3[C@@H](C[C@@]2(C)CCC1)OC(=O)[C@@H]3CN1CCC2(CC1)OCCO2. The Morgan fingerprint density at radius 1 is 1.15 bits per heavy atom. The normalized spacial score (nSPS) is 41.6. The highest BCUT2D eigenvalue weighted by molar-refractivity contribution is 5.76. The van der Waals surface area contributed by atoms with E-state index in [4.69, 9.17) is 14.2 Å². The summed E-state index contributed by atoms with van der Waals surface area (Å²) in [7, 11) is 0. The van der Waals surface area contributed by atoms with Gasteiger partial charge in [-0.3, -0.25) is 4.79 Å². The van der Waals surface area contributed by atoms with E-state index in [1.807, 2.05) is 0 Å². The van der Waals surface area contributed by atoms with Gasteiger partial charge in [0, 0.05) is 38.4 Å².